The standard InChI is InChI=1S/C14H19ClN2O3/c15-12-9-11(3-4-16)1-2-13(12)20-10-14(18)17-5-7-19-8-6-17/h1-2,9H,3-8,10,16H2. The van der Waals surface area contributed by atoms with E-state index < -0.39 is 0 Å². The van der Waals surface area contributed by atoms with Crippen LogP contribution in [-0.4, -0.2) is 50.3 Å². The summed E-state index contributed by atoms with van der Waals surface area (Å²) in [6, 6.07) is 5.51. The Bertz CT molecular complexity index is 462. The predicted molar refractivity (Wildman–Crippen MR) is 77.1 cm³/mol. The molecule has 2 N–H and O–H groups in total. The molecule has 1 aromatic rings. The van der Waals surface area contributed by atoms with Crippen LogP contribution in [0.4, 0.5) is 0 Å². The van der Waals surface area contributed by atoms with Gasteiger partial charge in [-0.2, -0.15) is 0 Å². The van der Waals surface area contributed by atoms with Crippen molar-refractivity contribution < 1.29 is 14.3 Å². The molecule has 0 unspecified atom stereocenters. The van der Waals surface area contributed by atoms with Gasteiger partial charge >= 0.3 is 0 Å². The Balaban J connectivity index is 1.88. The van der Waals surface area contributed by atoms with Crippen molar-refractivity contribution in [2.45, 2.75) is 6.42 Å². The molecule has 0 atom stereocenters. The number of hydrogen-bond acceptors (Lipinski definition) is 4. The van der Waals surface area contributed by atoms with E-state index in [-0.39, 0.29) is 12.5 Å². The van der Waals surface area contributed by atoms with E-state index in [4.69, 9.17) is 26.8 Å². The van der Waals surface area contributed by atoms with Crippen molar-refractivity contribution in [3.8, 4) is 5.75 Å². The average Bonchev–Trinajstić information content (AvgIpc) is 2.47. The molecule has 20 heavy (non-hydrogen) atoms. The first-order valence-electron chi connectivity index (χ1n) is 6.67. The lowest BCUT2D eigenvalue weighted by Gasteiger charge is -2.26. The maximum Gasteiger partial charge on any atom is 0.260 e. The van der Waals surface area contributed by atoms with E-state index in [9.17, 15) is 4.79 Å². The van der Waals surface area contributed by atoms with Crippen molar-refractivity contribution in [3.05, 3.63) is 28.8 Å². The first-order chi connectivity index (χ1) is 9.70. The van der Waals surface area contributed by atoms with Crippen molar-refractivity contribution in [2.24, 2.45) is 5.73 Å². The minimum absolute atomic E-state index is 0.00401. The minimum atomic E-state index is -0.0459. The topological polar surface area (TPSA) is 64.8 Å². The number of halogens is 1. The summed E-state index contributed by atoms with van der Waals surface area (Å²) < 4.78 is 10.7. The molecule has 0 spiro atoms. The monoisotopic (exact) mass is 298 g/mol. The van der Waals surface area contributed by atoms with Crippen molar-refractivity contribution in [1.82, 2.24) is 4.90 Å². The third-order valence-corrected chi connectivity index (χ3v) is 3.44. The molecule has 0 saturated carbocycles. The lowest BCUT2D eigenvalue weighted by Crippen LogP contribution is -2.43. The number of rotatable bonds is 5. The second-order valence-electron chi connectivity index (χ2n) is 4.59. The quantitative estimate of drug-likeness (QED) is 0.883. The molecular formula is C14H19ClN2O3. The highest BCUT2D eigenvalue weighted by molar-refractivity contribution is 6.32. The predicted octanol–water partition coefficient (Wildman–Crippen LogP) is 1.08. The zero-order valence-electron chi connectivity index (χ0n) is 11.3. The van der Waals surface area contributed by atoms with Crippen LogP contribution in [0, 0.1) is 0 Å². The van der Waals surface area contributed by atoms with Crippen molar-refractivity contribution in [3.63, 3.8) is 0 Å². The van der Waals surface area contributed by atoms with Crippen molar-refractivity contribution in [2.75, 3.05) is 39.5 Å². The van der Waals surface area contributed by atoms with Gasteiger partial charge in [0.2, 0.25) is 0 Å². The highest BCUT2D eigenvalue weighted by Gasteiger charge is 2.17. The number of hydrogen-bond donors (Lipinski definition) is 1. The number of ether oxygens (including phenoxy) is 2. The summed E-state index contributed by atoms with van der Waals surface area (Å²) in [5, 5.41) is 0.505. The second kappa shape index (κ2) is 7.47. The van der Waals surface area contributed by atoms with Crippen molar-refractivity contribution in [1.29, 1.82) is 0 Å². The van der Waals surface area contributed by atoms with E-state index in [1.807, 2.05) is 12.1 Å². The largest absolute Gasteiger partial charge is 0.482 e. The molecule has 1 saturated heterocycles. The molecule has 1 heterocycles. The lowest BCUT2D eigenvalue weighted by molar-refractivity contribution is -0.137. The van der Waals surface area contributed by atoms with E-state index in [0.29, 0.717) is 43.6 Å². The van der Waals surface area contributed by atoms with Gasteiger partial charge in [-0.15, -0.1) is 0 Å². The Kier molecular flexibility index (Phi) is 5.64. The Morgan fingerprint density at radius 3 is 2.80 bits per heavy atom. The minimum Gasteiger partial charge on any atom is -0.482 e. The van der Waals surface area contributed by atoms with E-state index >= 15 is 0 Å². The van der Waals surface area contributed by atoms with E-state index in [0.717, 1.165) is 12.0 Å². The van der Waals surface area contributed by atoms with Gasteiger partial charge in [0.15, 0.2) is 6.61 Å². The fourth-order valence-electron chi connectivity index (χ4n) is 2.03. The number of nitrogens with two attached hydrogens (primary N) is 1. The van der Waals surface area contributed by atoms with E-state index in [2.05, 4.69) is 0 Å². The summed E-state index contributed by atoms with van der Waals surface area (Å²) in [6.45, 7) is 2.97. The van der Waals surface area contributed by atoms with Crippen LogP contribution < -0.4 is 10.5 Å². The Morgan fingerprint density at radius 1 is 1.40 bits per heavy atom. The van der Waals surface area contributed by atoms with Crippen LogP contribution in [0.25, 0.3) is 0 Å². The molecule has 0 aromatic heterocycles. The van der Waals surface area contributed by atoms with Gasteiger partial charge < -0.3 is 20.1 Å². The molecule has 5 nitrogen and oxygen atoms in total. The van der Waals surface area contributed by atoms with Crippen LogP contribution >= 0.6 is 11.6 Å². The summed E-state index contributed by atoms with van der Waals surface area (Å²) in [7, 11) is 0. The zero-order chi connectivity index (χ0) is 14.4. The molecule has 0 radical (unpaired) electrons. The van der Waals surface area contributed by atoms with Crippen molar-refractivity contribution >= 4 is 17.5 Å². The lowest BCUT2D eigenvalue weighted by atomic mass is 10.1. The highest BCUT2D eigenvalue weighted by Crippen LogP contribution is 2.25. The van der Waals surface area contributed by atoms with E-state index in [1.54, 1.807) is 11.0 Å². The van der Waals surface area contributed by atoms with Gasteiger partial charge in [-0.25, -0.2) is 0 Å². The summed E-state index contributed by atoms with van der Waals surface area (Å²) in [6.07, 6.45) is 0.771. The maximum atomic E-state index is 11.9. The van der Waals surface area contributed by atoms with E-state index in [1.165, 1.54) is 0 Å². The molecule has 6 heteroatoms. The summed E-state index contributed by atoms with van der Waals surface area (Å²) in [4.78, 5) is 13.7. The van der Waals surface area contributed by atoms with Crippen LogP contribution in [0.5, 0.6) is 5.75 Å². The second-order valence-corrected chi connectivity index (χ2v) is 4.99. The first-order valence-corrected chi connectivity index (χ1v) is 7.05. The third kappa shape index (κ3) is 4.10. The number of amides is 1. The molecule has 2 rings (SSSR count). The van der Waals surface area contributed by atoms with Gasteiger partial charge in [0.05, 0.1) is 18.2 Å². The highest BCUT2D eigenvalue weighted by atomic mass is 35.5. The summed E-state index contributed by atoms with van der Waals surface area (Å²) in [5.41, 5.74) is 6.55. The summed E-state index contributed by atoms with van der Waals surface area (Å²) in [5.74, 6) is 0.476. The van der Waals surface area contributed by atoms with Crippen LogP contribution in [0.3, 0.4) is 0 Å². The zero-order valence-corrected chi connectivity index (χ0v) is 12.1. The number of nitrogens with zero attached hydrogens (tertiary/aromatic N) is 1. The SMILES string of the molecule is NCCc1ccc(OCC(=O)N2CCOCC2)c(Cl)c1. The molecule has 1 aromatic carbocycles. The van der Waals surface area contributed by atoms with Crippen LogP contribution in [-0.2, 0) is 16.0 Å². The number of benzene rings is 1. The van der Waals surface area contributed by atoms with Gasteiger partial charge in [0.1, 0.15) is 5.75 Å². The average molecular weight is 299 g/mol. The Hall–Kier alpha value is -1.30. The Labute approximate surface area is 123 Å². The fourth-order valence-corrected chi connectivity index (χ4v) is 2.28. The molecule has 0 aliphatic carbocycles. The van der Waals surface area contributed by atoms with Gasteiger partial charge in [0.25, 0.3) is 5.91 Å². The van der Waals surface area contributed by atoms with Crippen LogP contribution in [0.2, 0.25) is 5.02 Å². The number of carbonyl (C=O) groups excluding carboxylic acids is 1. The van der Waals surface area contributed by atoms with Gasteiger partial charge in [-0.1, -0.05) is 17.7 Å². The Morgan fingerprint density at radius 2 is 2.15 bits per heavy atom. The molecule has 1 amide bonds. The molecular weight excluding hydrogens is 280 g/mol. The normalized spacial score (nSPS) is 15.2. The molecule has 1 aliphatic heterocycles. The first kappa shape index (κ1) is 15.1. The number of carbonyl (C=O) groups is 1. The smallest absolute Gasteiger partial charge is 0.260 e. The molecule has 0 bridgehead atoms. The molecule has 1 fully saturated rings. The summed E-state index contributed by atoms with van der Waals surface area (Å²) >= 11 is 6.12. The molecule has 1 aliphatic rings. The molecule has 110 valence electrons. The third-order valence-electron chi connectivity index (χ3n) is 3.14. The fraction of sp³-hybridized carbons (Fsp3) is 0.500. The van der Waals surface area contributed by atoms with Gasteiger partial charge in [0, 0.05) is 13.1 Å². The maximum absolute atomic E-state index is 11.9. The van der Waals surface area contributed by atoms with Gasteiger partial charge in [-0.05, 0) is 30.7 Å². The number of morpholine rings is 1. The van der Waals surface area contributed by atoms with Gasteiger partial charge in [-0.3, -0.25) is 4.79 Å². The van der Waals surface area contributed by atoms with Crippen LogP contribution in [0.1, 0.15) is 5.56 Å². The van der Waals surface area contributed by atoms with Crippen LogP contribution in [0.15, 0.2) is 18.2 Å².